The SMILES string of the molecule is CCN=CNC(=O)c1c(O)ccc(Cl)c1-c1cc(F)ccc1OC. The summed E-state index contributed by atoms with van der Waals surface area (Å²) in [7, 11) is 1.42. The van der Waals surface area contributed by atoms with Crippen LogP contribution in [0.4, 0.5) is 4.39 Å². The number of ether oxygens (including phenoxy) is 1. The third-order valence-electron chi connectivity index (χ3n) is 3.26. The number of hydrogen-bond donors (Lipinski definition) is 2. The molecule has 2 N–H and O–H groups in total. The number of hydrogen-bond acceptors (Lipinski definition) is 4. The third-order valence-corrected chi connectivity index (χ3v) is 3.57. The summed E-state index contributed by atoms with van der Waals surface area (Å²) in [6.07, 6.45) is 1.23. The lowest BCUT2D eigenvalue weighted by molar-refractivity contribution is 0.0976. The highest BCUT2D eigenvalue weighted by Crippen LogP contribution is 2.41. The molecule has 7 heteroatoms. The van der Waals surface area contributed by atoms with Crippen LogP contribution in [0.1, 0.15) is 17.3 Å². The van der Waals surface area contributed by atoms with E-state index in [0.29, 0.717) is 12.3 Å². The van der Waals surface area contributed by atoms with Gasteiger partial charge in [-0.2, -0.15) is 0 Å². The molecule has 0 fully saturated rings. The lowest BCUT2D eigenvalue weighted by Crippen LogP contribution is -2.22. The molecule has 0 aliphatic heterocycles. The Balaban J connectivity index is 2.66. The number of nitrogens with zero attached hydrogens (tertiary/aromatic N) is 1. The molecule has 2 aromatic carbocycles. The van der Waals surface area contributed by atoms with Gasteiger partial charge in [-0.1, -0.05) is 11.6 Å². The number of methoxy groups -OCH3 is 1. The Kier molecular flexibility index (Phi) is 5.76. The summed E-state index contributed by atoms with van der Waals surface area (Å²) in [6, 6.07) is 6.56. The largest absolute Gasteiger partial charge is 0.507 e. The molecule has 2 rings (SSSR count). The first kappa shape index (κ1) is 17.7. The number of benzene rings is 2. The summed E-state index contributed by atoms with van der Waals surface area (Å²) >= 11 is 6.22. The highest BCUT2D eigenvalue weighted by atomic mass is 35.5. The van der Waals surface area contributed by atoms with Crippen molar-refractivity contribution in [3.63, 3.8) is 0 Å². The first-order valence-electron chi connectivity index (χ1n) is 7.14. The second-order valence-corrected chi connectivity index (χ2v) is 5.17. The molecule has 0 heterocycles. The Bertz CT molecular complexity index is 794. The predicted molar refractivity (Wildman–Crippen MR) is 91.6 cm³/mol. The van der Waals surface area contributed by atoms with Crippen molar-refractivity contribution in [3.8, 4) is 22.6 Å². The van der Waals surface area contributed by atoms with E-state index in [9.17, 15) is 14.3 Å². The zero-order valence-electron chi connectivity index (χ0n) is 13.1. The molecule has 0 aliphatic rings. The minimum Gasteiger partial charge on any atom is -0.507 e. The number of carbonyl (C=O) groups is 1. The molecule has 0 bridgehead atoms. The first-order chi connectivity index (χ1) is 11.5. The lowest BCUT2D eigenvalue weighted by atomic mass is 9.97. The van der Waals surface area contributed by atoms with Crippen molar-refractivity contribution in [3.05, 3.63) is 46.7 Å². The van der Waals surface area contributed by atoms with Gasteiger partial charge in [-0.05, 0) is 37.3 Å². The van der Waals surface area contributed by atoms with Crippen LogP contribution < -0.4 is 10.1 Å². The summed E-state index contributed by atoms with van der Waals surface area (Å²) in [5, 5.41) is 12.8. The Morgan fingerprint density at radius 1 is 1.42 bits per heavy atom. The van der Waals surface area contributed by atoms with Crippen LogP contribution in [-0.2, 0) is 0 Å². The molecule has 0 radical (unpaired) electrons. The topological polar surface area (TPSA) is 70.9 Å². The Hall–Kier alpha value is -2.60. The number of aliphatic imine (C=N–C) groups is 1. The van der Waals surface area contributed by atoms with Gasteiger partial charge in [0.2, 0.25) is 0 Å². The van der Waals surface area contributed by atoms with E-state index in [0.717, 1.165) is 0 Å². The van der Waals surface area contributed by atoms with Gasteiger partial charge in [-0.15, -0.1) is 0 Å². The molecule has 0 aliphatic carbocycles. The van der Waals surface area contributed by atoms with Crippen LogP contribution in [0.2, 0.25) is 5.02 Å². The average Bonchev–Trinajstić information content (AvgIpc) is 2.56. The van der Waals surface area contributed by atoms with Crippen LogP contribution in [0.15, 0.2) is 35.3 Å². The fourth-order valence-corrected chi connectivity index (χ4v) is 2.46. The standard InChI is InChI=1S/C17H16ClFN2O3/c1-3-20-9-21-17(23)16-13(22)6-5-12(18)15(16)11-8-10(19)4-7-14(11)24-2/h4-9,22H,3H2,1-2H3,(H,20,21,23). The molecule has 126 valence electrons. The van der Waals surface area contributed by atoms with Crippen molar-refractivity contribution in [1.29, 1.82) is 0 Å². The fraction of sp³-hybridized carbons (Fsp3) is 0.176. The van der Waals surface area contributed by atoms with Crippen molar-refractivity contribution in [2.75, 3.05) is 13.7 Å². The zero-order valence-corrected chi connectivity index (χ0v) is 13.9. The van der Waals surface area contributed by atoms with Gasteiger partial charge in [0, 0.05) is 22.7 Å². The maximum Gasteiger partial charge on any atom is 0.260 e. The van der Waals surface area contributed by atoms with Gasteiger partial charge in [0.05, 0.1) is 19.0 Å². The molecule has 0 atom stereocenters. The normalized spacial score (nSPS) is 10.8. The summed E-state index contributed by atoms with van der Waals surface area (Å²) in [5.74, 6) is -1.11. The number of phenols is 1. The van der Waals surface area contributed by atoms with Crippen molar-refractivity contribution < 1.29 is 19.0 Å². The van der Waals surface area contributed by atoms with E-state index < -0.39 is 11.7 Å². The van der Waals surface area contributed by atoms with Gasteiger partial charge in [-0.3, -0.25) is 9.79 Å². The molecule has 2 aromatic rings. The summed E-state index contributed by atoms with van der Waals surface area (Å²) in [5.41, 5.74) is 0.348. The zero-order chi connectivity index (χ0) is 17.7. The number of amides is 1. The van der Waals surface area contributed by atoms with Crippen molar-refractivity contribution in [1.82, 2.24) is 5.32 Å². The number of phenolic OH excluding ortho intramolecular Hbond substituents is 1. The second-order valence-electron chi connectivity index (χ2n) is 4.76. The highest BCUT2D eigenvalue weighted by molar-refractivity contribution is 6.34. The number of aromatic hydroxyl groups is 1. The van der Waals surface area contributed by atoms with Gasteiger partial charge in [0.1, 0.15) is 17.3 Å². The number of rotatable bonds is 5. The minimum atomic E-state index is -0.617. The molecule has 0 saturated heterocycles. The molecule has 1 amide bonds. The third kappa shape index (κ3) is 3.65. The van der Waals surface area contributed by atoms with E-state index in [4.69, 9.17) is 16.3 Å². The van der Waals surface area contributed by atoms with Crippen LogP contribution in [0, 0.1) is 5.82 Å². The van der Waals surface area contributed by atoms with Gasteiger partial charge < -0.3 is 15.2 Å². The van der Waals surface area contributed by atoms with E-state index >= 15 is 0 Å². The smallest absolute Gasteiger partial charge is 0.260 e. The first-order valence-corrected chi connectivity index (χ1v) is 7.51. The van der Waals surface area contributed by atoms with Crippen LogP contribution in [0.5, 0.6) is 11.5 Å². The van der Waals surface area contributed by atoms with Crippen molar-refractivity contribution in [2.24, 2.45) is 4.99 Å². The highest BCUT2D eigenvalue weighted by Gasteiger charge is 2.22. The fourth-order valence-electron chi connectivity index (χ4n) is 2.20. The molecule has 24 heavy (non-hydrogen) atoms. The van der Waals surface area contributed by atoms with Crippen LogP contribution >= 0.6 is 11.6 Å². The molecular weight excluding hydrogens is 335 g/mol. The minimum absolute atomic E-state index is 0.0889. The van der Waals surface area contributed by atoms with Gasteiger partial charge in [0.25, 0.3) is 5.91 Å². The Morgan fingerprint density at radius 3 is 2.83 bits per heavy atom. The molecule has 0 spiro atoms. The van der Waals surface area contributed by atoms with Crippen LogP contribution in [-0.4, -0.2) is 31.0 Å². The van der Waals surface area contributed by atoms with Crippen molar-refractivity contribution >= 4 is 23.8 Å². The van der Waals surface area contributed by atoms with Crippen molar-refractivity contribution in [2.45, 2.75) is 6.92 Å². The van der Waals surface area contributed by atoms with Gasteiger partial charge in [0.15, 0.2) is 0 Å². The molecule has 5 nitrogen and oxygen atoms in total. The summed E-state index contributed by atoms with van der Waals surface area (Å²) in [6.45, 7) is 2.30. The van der Waals surface area contributed by atoms with Crippen LogP contribution in [0.3, 0.4) is 0 Å². The van der Waals surface area contributed by atoms with E-state index in [1.54, 1.807) is 0 Å². The monoisotopic (exact) mass is 350 g/mol. The summed E-state index contributed by atoms with van der Waals surface area (Å²) in [4.78, 5) is 16.3. The molecule has 0 unspecified atom stereocenters. The Morgan fingerprint density at radius 2 is 2.17 bits per heavy atom. The quantitative estimate of drug-likeness (QED) is 0.639. The number of nitrogens with one attached hydrogen (secondary N) is 1. The van der Waals surface area contributed by atoms with Gasteiger partial charge >= 0.3 is 0 Å². The number of carbonyl (C=O) groups excluding carboxylic acids is 1. The van der Waals surface area contributed by atoms with E-state index in [-0.39, 0.29) is 27.5 Å². The average molecular weight is 351 g/mol. The predicted octanol–water partition coefficient (Wildman–Crippen LogP) is 3.64. The van der Waals surface area contributed by atoms with E-state index in [1.165, 1.54) is 43.8 Å². The second kappa shape index (κ2) is 7.79. The maximum absolute atomic E-state index is 13.7. The van der Waals surface area contributed by atoms with Gasteiger partial charge in [-0.25, -0.2) is 4.39 Å². The molecule has 0 saturated carbocycles. The molecule has 0 aromatic heterocycles. The lowest BCUT2D eigenvalue weighted by Gasteiger charge is -2.15. The Labute approximate surface area is 143 Å². The van der Waals surface area contributed by atoms with E-state index in [2.05, 4.69) is 10.3 Å². The van der Waals surface area contributed by atoms with Crippen LogP contribution in [0.25, 0.3) is 11.1 Å². The van der Waals surface area contributed by atoms with E-state index in [1.807, 2.05) is 6.92 Å². The summed E-state index contributed by atoms with van der Waals surface area (Å²) < 4.78 is 18.9. The maximum atomic E-state index is 13.7. The number of halogens is 2. The molecular formula is C17H16ClFN2O3.